The minimum absolute atomic E-state index is 0.174. The molecule has 0 aromatic heterocycles. The zero-order valence-electron chi connectivity index (χ0n) is 10.9. The molecule has 0 radical (unpaired) electrons. The fourth-order valence-corrected chi connectivity index (χ4v) is 1.95. The number of halogens is 1. The van der Waals surface area contributed by atoms with Crippen LogP contribution in [0.1, 0.15) is 18.9 Å². The van der Waals surface area contributed by atoms with Gasteiger partial charge in [0.25, 0.3) is 0 Å². The molecule has 0 fully saturated rings. The van der Waals surface area contributed by atoms with E-state index < -0.39 is 0 Å². The van der Waals surface area contributed by atoms with Crippen LogP contribution in [0.5, 0.6) is 5.75 Å². The van der Waals surface area contributed by atoms with Gasteiger partial charge in [0.15, 0.2) is 11.6 Å². The Morgan fingerprint density at radius 3 is 2.78 bits per heavy atom. The summed E-state index contributed by atoms with van der Waals surface area (Å²) in [5.74, 6) is -0.0442. The summed E-state index contributed by atoms with van der Waals surface area (Å²) >= 11 is 4.88. The number of methoxy groups -OCH3 is 1. The predicted molar refractivity (Wildman–Crippen MR) is 75.3 cm³/mol. The molecule has 3 nitrogen and oxygen atoms in total. The Bertz CT molecular complexity index is 425. The maximum atomic E-state index is 14.0. The second-order valence-electron chi connectivity index (χ2n) is 4.37. The fraction of sp³-hybridized carbons (Fsp3) is 0.462. The summed E-state index contributed by atoms with van der Waals surface area (Å²) in [6.07, 6.45) is 0.622. The summed E-state index contributed by atoms with van der Waals surface area (Å²) in [4.78, 5) is 2.48. The molecule has 0 heterocycles. The van der Waals surface area contributed by atoms with Gasteiger partial charge in [0.05, 0.1) is 12.1 Å². The lowest BCUT2D eigenvalue weighted by Gasteiger charge is -2.24. The first-order valence-electron chi connectivity index (χ1n) is 5.75. The van der Waals surface area contributed by atoms with Gasteiger partial charge >= 0.3 is 0 Å². The minimum atomic E-state index is -0.311. The van der Waals surface area contributed by atoms with E-state index in [9.17, 15) is 4.39 Å². The maximum absolute atomic E-state index is 14.0. The first-order chi connectivity index (χ1) is 8.45. The van der Waals surface area contributed by atoms with Crippen LogP contribution in [-0.4, -0.2) is 30.1 Å². The minimum Gasteiger partial charge on any atom is -0.494 e. The Hall–Kier alpha value is -1.20. The molecule has 1 aromatic carbocycles. The molecule has 18 heavy (non-hydrogen) atoms. The van der Waals surface area contributed by atoms with E-state index in [0.29, 0.717) is 23.5 Å². The van der Waals surface area contributed by atoms with Crippen molar-refractivity contribution in [1.82, 2.24) is 4.90 Å². The van der Waals surface area contributed by atoms with Gasteiger partial charge in [-0.25, -0.2) is 4.39 Å². The van der Waals surface area contributed by atoms with Crippen LogP contribution >= 0.6 is 12.2 Å². The van der Waals surface area contributed by atoms with Crippen molar-refractivity contribution in [3.8, 4) is 5.75 Å². The Kier molecular flexibility index (Phi) is 5.50. The fourth-order valence-electron chi connectivity index (χ4n) is 1.71. The van der Waals surface area contributed by atoms with Crippen LogP contribution in [0, 0.1) is 5.82 Å². The topological polar surface area (TPSA) is 38.5 Å². The van der Waals surface area contributed by atoms with Crippen molar-refractivity contribution in [2.75, 3.05) is 14.2 Å². The second kappa shape index (κ2) is 6.66. The molecule has 0 amide bonds. The summed E-state index contributed by atoms with van der Waals surface area (Å²) < 4.78 is 18.9. The number of hydrogen-bond donors (Lipinski definition) is 1. The number of ether oxygens (including phenoxy) is 1. The standard InChI is InChI=1S/C13H19FN2OS/c1-9(7-12(15)18)16(2)8-10-5-4-6-11(17-3)13(10)14/h4-6,9H,7-8H2,1-3H3,(H2,15,18). The van der Waals surface area contributed by atoms with Crippen molar-refractivity contribution < 1.29 is 9.13 Å². The molecule has 1 unspecified atom stereocenters. The van der Waals surface area contributed by atoms with Gasteiger partial charge in [-0.3, -0.25) is 4.90 Å². The molecule has 0 saturated heterocycles. The van der Waals surface area contributed by atoms with Crippen molar-refractivity contribution in [2.45, 2.75) is 25.9 Å². The molecular weight excluding hydrogens is 251 g/mol. The Labute approximate surface area is 113 Å². The summed E-state index contributed by atoms with van der Waals surface area (Å²) in [6.45, 7) is 2.50. The van der Waals surface area contributed by atoms with Crippen LogP contribution in [0.3, 0.4) is 0 Å². The lowest BCUT2D eigenvalue weighted by atomic mass is 10.1. The highest BCUT2D eigenvalue weighted by atomic mass is 32.1. The summed E-state index contributed by atoms with van der Waals surface area (Å²) in [7, 11) is 3.38. The van der Waals surface area contributed by atoms with Gasteiger partial charge in [0, 0.05) is 24.6 Å². The zero-order chi connectivity index (χ0) is 13.7. The third-order valence-electron chi connectivity index (χ3n) is 2.93. The zero-order valence-corrected chi connectivity index (χ0v) is 11.8. The van der Waals surface area contributed by atoms with Crippen LogP contribution < -0.4 is 10.5 Å². The number of nitrogens with two attached hydrogens (primary N) is 1. The third kappa shape index (κ3) is 3.92. The number of benzene rings is 1. The van der Waals surface area contributed by atoms with Crippen LogP contribution in [-0.2, 0) is 6.54 Å². The number of thiocarbonyl (C=S) groups is 1. The van der Waals surface area contributed by atoms with Crippen LogP contribution in [0.25, 0.3) is 0 Å². The smallest absolute Gasteiger partial charge is 0.169 e. The molecule has 1 aromatic rings. The second-order valence-corrected chi connectivity index (χ2v) is 4.89. The van der Waals surface area contributed by atoms with Gasteiger partial charge in [0.1, 0.15) is 0 Å². The maximum Gasteiger partial charge on any atom is 0.169 e. The van der Waals surface area contributed by atoms with Crippen LogP contribution in [0.2, 0.25) is 0 Å². The summed E-state index contributed by atoms with van der Waals surface area (Å²) in [6, 6.07) is 5.32. The highest BCUT2D eigenvalue weighted by Crippen LogP contribution is 2.21. The van der Waals surface area contributed by atoms with Crippen LogP contribution in [0.15, 0.2) is 18.2 Å². The quantitative estimate of drug-likeness (QED) is 0.805. The van der Waals surface area contributed by atoms with Crippen molar-refractivity contribution >= 4 is 17.2 Å². The largest absolute Gasteiger partial charge is 0.494 e. The molecule has 0 aliphatic rings. The van der Waals surface area contributed by atoms with Crippen molar-refractivity contribution in [3.05, 3.63) is 29.6 Å². The Morgan fingerprint density at radius 2 is 2.22 bits per heavy atom. The summed E-state index contributed by atoms with van der Waals surface area (Å²) in [5, 5.41) is 0. The highest BCUT2D eigenvalue weighted by Gasteiger charge is 2.14. The molecule has 0 aliphatic heterocycles. The normalized spacial score (nSPS) is 12.5. The lowest BCUT2D eigenvalue weighted by Crippen LogP contribution is -2.32. The Morgan fingerprint density at radius 1 is 1.56 bits per heavy atom. The van der Waals surface area contributed by atoms with E-state index in [4.69, 9.17) is 22.7 Å². The molecule has 2 N–H and O–H groups in total. The first-order valence-corrected chi connectivity index (χ1v) is 6.16. The van der Waals surface area contributed by atoms with Gasteiger partial charge in [-0.2, -0.15) is 0 Å². The van der Waals surface area contributed by atoms with Gasteiger partial charge < -0.3 is 10.5 Å². The molecule has 0 spiro atoms. The van der Waals surface area contributed by atoms with Crippen LogP contribution in [0.4, 0.5) is 4.39 Å². The van der Waals surface area contributed by atoms with E-state index in [1.807, 2.05) is 18.9 Å². The highest BCUT2D eigenvalue weighted by molar-refractivity contribution is 7.80. The first kappa shape index (κ1) is 14.9. The van der Waals surface area contributed by atoms with Crippen molar-refractivity contribution in [3.63, 3.8) is 0 Å². The molecule has 1 rings (SSSR count). The lowest BCUT2D eigenvalue weighted by molar-refractivity contribution is 0.250. The third-order valence-corrected chi connectivity index (χ3v) is 3.10. The average Bonchev–Trinajstić information content (AvgIpc) is 2.30. The van der Waals surface area contributed by atoms with E-state index in [1.165, 1.54) is 7.11 Å². The van der Waals surface area contributed by atoms with Crippen molar-refractivity contribution in [2.24, 2.45) is 5.73 Å². The van der Waals surface area contributed by atoms with E-state index in [-0.39, 0.29) is 17.6 Å². The molecule has 5 heteroatoms. The number of rotatable bonds is 6. The average molecular weight is 270 g/mol. The molecular formula is C13H19FN2OS. The van der Waals surface area contributed by atoms with Gasteiger partial charge in [0.2, 0.25) is 0 Å². The van der Waals surface area contributed by atoms with E-state index in [1.54, 1.807) is 18.2 Å². The molecule has 0 aliphatic carbocycles. The molecule has 100 valence electrons. The van der Waals surface area contributed by atoms with E-state index >= 15 is 0 Å². The number of hydrogen-bond acceptors (Lipinski definition) is 3. The van der Waals surface area contributed by atoms with Gasteiger partial charge in [-0.05, 0) is 20.0 Å². The summed E-state index contributed by atoms with van der Waals surface area (Å²) in [5.41, 5.74) is 6.11. The molecule has 0 saturated carbocycles. The molecule has 1 atom stereocenters. The number of nitrogens with zero attached hydrogens (tertiary/aromatic N) is 1. The Balaban J connectivity index is 2.75. The monoisotopic (exact) mass is 270 g/mol. The predicted octanol–water partition coefficient (Wildman–Crippen LogP) is 2.33. The van der Waals surface area contributed by atoms with Crippen molar-refractivity contribution in [1.29, 1.82) is 0 Å². The van der Waals surface area contributed by atoms with Gasteiger partial charge in [-0.15, -0.1) is 0 Å². The van der Waals surface area contributed by atoms with E-state index in [0.717, 1.165) is 0 Å². The van der Waals surface area contributed by atoms with Gasteiger partial charge in [-0.1, -0.05) is 24.4 Å². The van der Waals surface area contributed by atoms with E-state index in [2.05, 4.69) is 0 Å². The SMILES string of the molecule is COc1cccc(CN(C)C(C)CC(N)=S)c1F. The molecule has 0 bridgehead atoms.